The minimum absolute atomic E-state index is 1.16. The minimum atomic E-state index is 1.16. The van der Waals surface area contributed by atoms with Gasteiger partial charge < -0.3 is 0 Å². The molecule has 68 valence electrons. The van der Waals surface area contributed by atoms with Crippen LogP contribution < -0.4 is 0 Å². The van der Waals surface area contributed by atoms with Gasteiger partial charge in [0.1, 0.15) is 0 Å². The summed E-state index contributed by atoms with van der Waals surface area (Å²) in [5.41, 5.74) is 2.44. The maximum atomic E-state index is 3.72. The van der Waals surface area contributed by atoms with Crippen molar-refractivity contribution in [2.75, 3.05) is 0 Å². The van der Waals surface area contributed by atoms with Crippen LogP contribution in [-0.4, -0.2) is 0 Å². The molecule has 1 rings (SSSR count). The quantitative estimate of drug-likeness (QED) is 0.640. The minimum Gasteiger partial charge on any atom is -0.0985 e. The number of rotatable bonds is 4. The fourth-order valence-corrected chi connectivity index (χ4v) is 1.13. The van der Waals surface area contributed by atoms with Crippen molar-refractivity contribution in [1.82, 2.24) is 0 Å². The lowest BCUT2D eigenvalue weighted by atomic mass is 10.1. The van der Waals surface area contributed by atoms with E-state index in [1.807, 2.05) is 6.08 Å². The number of hydrogen-bond acceptors (Lipinski definition) is 0. The molecule has 1 aromatic rings. The molecule has 1 aromatic carbocycles. The van der Waals surface area contributed by atoms with Crippen LogP contribution in [0.5, 0.6) is 0 Å². The molecule has 0 saturated carbocycles. The van der Waals surface area contributed by atoms with Gasteiger partial charge in [0, 0.05) is 0 Å². The van der Waals surface area contributed by atoms with Crippen molar-refractivity contribution in [1.29, 1.82) is 0 Å². The van der Waals surface area contributed by atoms with Gasteiger partial charge in [-0.2, -0.15) is 0 Å². The zero-order valence-electron chi connectivity index (χ0n) is 8.16. The highest BCUT2D eigenvalue weighted by Crippen LogP contribution is 2.07. The van der Waals surface area contributed by atoms with E-state index in [4.69, 9.17) is 0 Å². The van der Waals surface area contributed by atoms with Gasteiger partial charge in [-0.3, -0.25) is 0 Å². The summed E-state index contributed by atoms with van der Waals surface area (Å²) >= 11 is 0. The van der Waals surface area contributed by atoms with E-state index < -0.39 is 0 Å². The summed E-state index contributed by atoms with van der Waals surface area (Å²) in [7, 11) is 0. The van der Waals surface area contributed by atoms with Crippen LogP contribution in [0, 0.1) is 0 Å². The van der Waals surface area contributed by atoms with Crippen LogP contribution in [0.4, 0.5) is 0 Å². The van der Waals surface area contributed by atoms with Gasteiger partial charge in [-0.1, -0.05) is 62.4 Å². The third-order valence-electron chi connectivity index (χ3n) is 1.94. The molecule has 0 atom stereocenters. The summed E-state index contributed by atoms with van der Waals surface area (Å²) in [5, 5.41) is 0. The molecule has 0 amide bonds. The van der Waals surface area contributed by atoms with Gasteiger partial charge in [0.05, 0.1) is 0 Å². The second-order valence-electron chi connectivity index (χ2n) is 3.06. The Bertz CT molecular complexity index is 277. The zero-order chi connectivity index (χ0) is 9.52. The van der Waals surface area contributed by atoms with Gasteiger partial charge in [-0.05, 0) is 17.5 Å². The van der Waals surface area contributed by atoms with E-state index in [0.29, 0.717) is 0 Å². The Labute approximate surface area is 80.6 Å². The molecule has 0 aliphatic heterocycles. The van der Waals surface area contributed by atoms with Crippen molar-refractivity contribution in [2.45, 2.75) is 19.8 Å². The van der Waals surface area contributed by atoms with Crippen molar-refractivity contribution >= 4 is 12.2 Å². The lowest BCUT2D eigenvalue weighted by Crippen LogP contribution is -1.73. The van der Waals surface area contributed by atoms with Crippen molar-refractivity contribution in [3.63, 3.8) is 0 Å². The van der Waals surface area contributed by atoms with E-state index in [1.165, 1.54) is 17.5 Å². The largest absolute Gasteiger partial charge is 0.0985 e. The van der Waals surface area contributed by atoms with Gasteiger partial charge in [-0.15, -0.1) is 0 Å². The molecule has 0 N–H and O–H groups in total. The number of benzene rings is 1. The summed E-state index contributed by atoms with van der Waals surface area (Å²) in [5.74, 6) is 0. The Morgan fingerprint density at radius 2 is 1.77 bits per heavy atom. The maximum absolute atomic E-state index is 3.72. The molecular weight excluding hydrogens is 156 g/mol. The van der Waals surface area contributed by atoms with Gasteiger partial charge in [0.25, 0.3) is 0 Å². The predicted octanol–water partition coefficient (Wildman–Crippen LogP) is 4.14. The Morgan fingerprint density at radius 1 is 1.15 bits per heavy atom. The molecule has 0 heterocycles. The summed E-state index contributed by atoms with van der Waals surface area (Å²) in [4.78, 5) is 0. The first kappa shape index (κ1) is 9.79. The molecule has 0 aliphatic rings. The summed E-state index contributed by atoms with van der Waals surface area (Å²) in [6.07, 6.45) is 8.60. The molecule has 0 fully saturated rings. The molecular formula is C13H16. The van der Waals surface area contributed by atoms with Crippen LogP contribution in [0.15, 0.2) is 36.9 Å². The SMILES string of the molecule is C=Cc1ccc(/C=C/CCC)cc1. The van der Waals surface area contributed by atoms with E-state index in [1.54, 1.807) is 0 Å². The van der Waals surface area contributed by atoms with Gasteiger partial charge >= 0.3 is 0 Å². The smallest absolute Gasteiger partial charge is 0.0259 e. The van der Waals surface area contributed by atoms with E-state index in [2.05, 4.69) is 49.9 Å². The van der Waals surface area contributed by atoms with Gasteiger partial charge in [-0.25, -0.2) is 0 Å². The van der Waals surface area contributed by atoms with Crippen LogP contribution in [0.1, 0.15) is 30.9 Å². The fraction of sp³-hybridized carbons (Fsp3) is 0.231. The fourth-order valence-electron chi connectivity index (χ4n) is 1.13. The van der Waals surface area contributed by atoms with E-state index in [0.717, 1.165) is 6.42 Å². The first-order chi connectivity index (χ1) is 6.36. The zero-order valence-corrected chi connectivity index (χ0v) is 8.16. The second kappa shape index (κ2) is 5.36. The lowest BCUT2D eigenvalue weighted by molar-refractivity contribution is 0.962. The maximum Gasteiger partial charge on any atom is -0.0259 e. The highest BCUT2D eigenvalue weighted by Gasteiger charge is 1.86. The highest BCUT2D eigenvalue weighted by atomic mass is 13.9. The highest BCUT2D eigenvalue weighted by molar-refractivity contribution is 5.54. The van der Waals surface area contributed by atoms with Crippen molar-refractivity contribution in [2.24, 2.45) is 0 Å². The molecule has 0 aliphatic carbocycles. The lowest BCUT2D eigenvalue weighted by Gasteiger charge is -1.94. The third-order valence-corrected chi connectivity index (χ3v) is 1.94. The van der Waals surface area contributed by atoms with Gasteiger partial charge in [0.15, 0.2) is 0 Å². The molecule has 0 nitrogen and oxygen atoms in total. The molecule has 0 heteroatoms. The normalized spacial score (nSPS) is 10.5. The predicted molar refractivity (Wildman–Crippen MR) is 60.5 cm³/mol. The average Bonchev–Trinajstić information content (AvgIpc) is 2.19. The molecule has 0 aromatic heterocycles. The van der Waals surface area contributed by atoms with Crippen molar-refractivity contribution in [3.8, 4) is 0 Å². The van der Waals surface area contributed by atoms with E-state index in [-0.39, 0.29) is 0 Å². The summed E-state index contributed by atoms with van der Waals surface area (Å²) in [6, 6.07) is 8.39. The van der Waals surface area contributed by atoms with Crippen LogP contribution >= 0.6 is 0 Å². The van der Waals surface area contributed by atoms with Crippen molar-refractivity contribution in [3.05, 3.63) is 48.0 Å². The Balaban J connectivity index is 2.63. The molecule has 0 spiro atoms. The first-order valence-corrected chi connectivity index (χ1v) is 4.76. The van der Waals surface area contributed by atoms with Gasteiger partial charge in [0.2, 0.25) is 0 Å². The first-order valence-electron chi connectivity index (χ1n) is 4.76. The topological polar surface area (TPSA) is 0 Å². The Kier molecular flexibility index (Phi) is 4.04. The number of unbranched alkanes of at least 4 members (excludes halogenated alkanes) is 1. The second-order valence-corrected chi connectivity index (χ2v) is 3.06. The molecule has 0 saturated heterocycles. The molecule has 0 radical (unpaired) electrons. The Morgan fingerprint density at radius 3 is 2.31 bits per heavy atom. The number of hydrogen-bond donors (Lipinski definition) is 0. The summed E-state index contributed by atoms with van der Waals surface area (Å²) in [6.45, 7) is 5.90. The number of allylic oxidation sites excluding steroid dienone is 1. The molecule has 0 unspecified atom stereocenters. The molecule has 0 bridgehead atoms. The third kappa shape index (κ3) is 3.29. The molecule has 13 heavy (non-hydrogen) atoms. The Hall–Kier alpha value is -1.30. The van der Waals surface area contributed by atoms with E-state index in [9.17, 15) is 0 Å². The van der Waals surface area contributed by atoms with Crippen LogP contribution in [-0.2, 0) is 0 Å². The van der Waals surface area contributed by atoms with Crippen LogP contribution in [0.25, 0.3) is 12.2 Å². The van der Waals surface area contributed by atoms with Crippen LogP contribution in [0.2, 0.25) is 0 Å². The van der Waals surface area contributed by atoms with Crippen LogP contribution in [0.3, 0.4) is 0 Å². The van der Waals surface area contributed by atoms with Crippen molar-refractivity contribution < 1.29 is 0 Å². The summed E-state index contributed by atoms with van der Waals surface area (Å²) < 4.78 is 0. The van der Waals surface area contributed by atoms with E-state index >= 15 is 0 Å². The standard InChI is InChI=1S/C13H16/c1-3-5-6-7-13-10-8-12(4-2)9-11-13/h4,6-11H,2-3,5H2,1H3/b7-6+. The monoisotopic (exact) mass is 172 g/mol. The average molecular weight is 172 g/mol.